The van der Waals surface area contributed by atoms with Gasteiger partial charge in [-0.25, -0.2) is 0 Å². The Kier molecular flexibility index (Phi) is 6.25. The molecule has 0 saturated carbocycles. The van der Waals surface area contributed by atoms with Gasteiger partial charge < -0.3 is 19.3 Å². The fourth-order valence-corrected chi connectivity index (χ4v) is 2.94. The van der Waals surface area contributed by atoms with Crippen LogP contribution in [0.5, 0.6) is 5.75 Å². The van der Waals surface area contributed by atoms with Gasteiger partial charge in [-0.3, -0.25) is 9.69 Å². The Morgan fingerprint density at radius 3 is 2.85 bits per heavy atom. The molecule has 1 N–H and O–H groups in total. The van der Waals surface area contributed by atoms with Gasteiger partial charge in [-0.1, -0.05) is 23.4 Å². The van der Waals surface area contributed by atoms with Gasteiger partial charge in [0, 0.05) is 37.3 Å². The average molecular weight is 359 g/mol. The van der Waals surface area contributed by atoms with Crippen molar-refractivity contribution < 1.29 is 18.8 Å². The molecule has 3 rings (SSSR count). The van der Waals surface area contributed by atoms with E-state index in [0.29, 0.717) is 44.4 Å². The monoisotopic (exact) mass is 359 g/mol. The quantitative estimate of drug-likeness (QED) is 0.816. The second-order valence-electron chi connectivity index (χ2n) is 6.18. The van der Waals surface area contributed by atoms with E-state index in [1.54, 1.807) is 0 Å². The van der Waals surface area contributed by atoms with E-state index >= 15 is 0 Å². The average Bonchev–Trinajstić information content (AvgIpc) is 3.02. The number of hydrogen-bond donors (Lipinski definition) is 1. The third-order valence-corrected chi connectivity index (χ3v) is 4.40. The van der Waals surface area contributed by atoms with Crippen molar-refractivity contribution in [2.75, 3.05) is 32.9 Å². The van der Waals surface area contributed by atoms with Gasteiger partial charge >= 0.3 is 0 Å². The van der Waals surface area contributed by atoms with Crippen LogP contribution in [-0.4, -0.2) is 48.9 Å². The van der Waals surface area contributed by atoms with Crippen LogP contribution in [0.15, 0.2) is 28.8 Å². The van der Waals surface area contributed by atoms with Gasteiger partial charge in [-0.15, -0.1) is 0 Å². The number of morpholine rings is 1. The molecule has 7 heteroatoms. The second kappa shape index (κ2) is 8.82. The first-order valence-electron chi connectivity index (χ1n) is 8.93. The van der Waals surface area contributed by atoms with Crippen LogP contribution in [0.1, 0.15) is 34.3 Å². The van der Waals surface area contributed by atoms with Crippen LogP contribution >= 0.6 is 0 Å². The van der Waals surface area contributed by atoms with Crippen molar-refractivity contribution >= 4 is 5.91 Å². The molecule has 1 aliphatic heterocycles. The number of nitrogens with zero attached hydrogens (tertiary/aromatic N) is 2. The number of hydrogen-bond acceptors (Lipinski definition) is 6. The van der Waals surface area contributed by atoms with Gasteiger partial charge in [-0.2, -0.15) is 0 Å². The predicted octanol–water partition coefficient (Wildman–Crippen LogP) is 2.14. The highest BCUT2D eigenvalue weighted by atomic mass is 16.5. The molecule has 1 aromatic heterocycles. The van der Waals surface area contributed by atoms with Crippen molar-refractivity contribution in [3.8, 4) is 5.75 Å². The Morgan fingerprint density at radius 1 is 1.31 bits per heavy atom. The normalized spacial score (nSPS) is 15.0. The molecule has 0 radical (unpaired) electrons. The minimum absolute atomic E-state index is 0.239. The molecular weight excluding hydrogens is 334 g/mol. The van der Waals surface area contributed by atoms with E-state index in [4.69, 9.17) is 14.0 Å². The molecule has 2 heterocycles. The molecule has 1 saturated heterocycles. The summed E-state index contributed by atoms with van der Waals surface area (Å²) < 4.78 is 16.3. The molecule has 0 bridgehead atoms. The van der Waals surface area contributed by atoms with Crippen LogP contribution in [0.2, 0.25) is 0 Å². The maximum atomic E-state index is 12.6. The topological polar surface area (TPSA) is 76.8 Å². The van der Waals surface area contributed by atoms with Gasteiger partial charge in [0.1, 0.15) is 11.5 Å². The third-order valence-electron chi connectivity index (χ3n) is 4.40. The van der Waals surface area contributed by atoms with E-state index in [2.05, 4.69) is 15.4 Å². The maximum Gasteiger partial charge on any atom is 0.274 e. The highest BCUT2D eigenvalue weighted by molar-refractivity contribution is 5.93. The molecule has 0 spiro atoms. The van der Waals surface area contributed by atoms with E-state index in [1.165, 1.54) is 0 Å². The molecule has 1 amide bonds. The molecule has 2 aromatic rings. The smallest absolute Gasteiger partial charge is 0.274 e. The Bertz CT molecular complexity index is 738. The van der Waals surface area contributed by atoms with Crippen LogP contribution in [0.3, 0.4) is 0 Å². The molecule has 140 valence electrons. The lowest BCUT2D eigenvalue weighted by atomic mass is 10.1. The highest BCUT2D eigenvalue weighted by Gasteiger charge is 2.23. The van der Waals surface area contributed by atoms with E-state index < -0.39 is 0 Å². The summed E-state index contributed by atoms with van der Waals surface area (Å²) >= 11 is 0. The Balaban J connectivity index is 1.67. The molecule has 1 aromatic carbocycles. The number of aryl methyl sites for hydroxylation is 1. The zero-order chi connectivity index (χ0) is 18.4. The standard InChI is InChI=1S/C19H25N3O4/c1-3-25-17-7-5-4-6-15(17)12-20-19(23)18-16(14(2)26-21-18)13-22-8-10-24-11-9-22/h4-7H,3,8-13H2,1-2H3,(H,20,23). The number of benzene rings is 1. The first-order valence-corrected chi connectivity index (χ1v) is 8.93. The van der Waals surface area contributed by atoms with Gasteiger partial charge in [0.25, 0.3) is 5.91 Å². The van der Waals surface area contributed by atoms with E-state index in [1.807, 2.05) is 38.1 Å². The second-order valence-corrected chi connectivity index (χ2v) is 6.18. The first kappa shape index (κ1) is 18.4. The molecule has 0 atom stereocenters. The number of aromatic nitrogens is 1. The molecule has 7 nitrogen and oxygen atoms in total. The lowest BCUT2D eigenvalue weighted by molar-refractivity contribution is 0.0339. The van der Waals surface area contributed by atoms with Crippen LogP contribution < -0.4 is 10.1 Å². The highest BCUT2D eigenvalue weighted by Crippen LogP contribution is 2.19. The van der Waals surface area contributed by atoms with E-state index in [-0.39, 0.29) is 5.91 Å². The van der Waals surface area contributed by atoms with Gasteiger partial charge in [0.05, 0.1) is 19.8 Å². The number of para-hydroxylation sites is 1. The number of ether oxygens (including phenoxy) is 2. The summed E-state index contributed by atoms with van der Waals surface area (Å²) in [6.45, 7) is 8.46. The van der Waals surface area contributed by atoms with Crippen molar-refractivity contribution in [1.29, 1.82) is 0 Å². The maximum absolute atomic E-state index is 12.6. The van der Waals surface area contributed by atoms with Crippen LogP contribution in [0, 0.1) is 6.92 Å². The molecule has 0 unspecified atom stereocenters. The summed E-state index contributed by atoms with van der Waals surface area (Å²) in [5, 5.41) is 6.90. The van der Waals surface area contributed by atoms with Gasteiger partial charge in [-0.05, 0) is 19.9 Å². The molecule has 26 heavy (non-hydrogen) atoms. The fourth-order valence-electron chi connectivity index (χ4n) is 2.94. The van der Waals surface area contributed by atoms with Crippen molar-refractivity contribution in [1.82, 2.24) is 15.4 Å². The van der Waals surface area contributed by atoms with Crippen molar-refractivity contribution in [2.24, 2.45) is 0 Å². The number of amides is 1. The fraction of sp³-hybridized carbons (Fsp3) is 0.474. The first-order chi connectivity index (χ1) is 12.7. The zero-order valence-corrected chi connectivity index (χ0v) is 15.3. The third kappa shape index (κ3) is 4.42. The summed E-state index contributed by atoms with van der Waals surface area (Å²) in [6, 6.07) is 7.68. The van der Waals surface area contributed by atoms with Crippen LogP contribution in [0.25, 0.3) is 0 Å². The zero-order valence-electron chi connectivity index (χ0n) is 15.3. The lowest BCUT2D eigenvalue weighted by Crippen LogP contribution is -2.36. The van der Waals surface area contributed by atoms with Crippen molar-refractivity contribution in [2.45, 2.75) is 26.9 Å². The van der Waals surface area contributed by atoms with Gasteiger partial charge in [0.15, 0.2) is 5.69 Å². The SMILES string of the molecule is CCOc1ccccc1CNC(=O)c1noc(C)c1CN1CCOCC1. The van der Waals surface area contributed by atoms with E-state index in [0.717, 1.165) is 30.0 Å². The Labute approximate surface area is 153 Å². The minimum atomic E-state index is -0.239. The van der Waals surface area contributed by atoms with Gasteiger partial charge in [0.2, 0.25) is 0 Å². The van der Waals surface area contributed by atoms with Crippen molar-refractivity contribution in [3.63, 3.8) is 0 Å². The molecule has 1 aliphatic rings. The van der Waals surface area contributed by atoms with Crippen molar-refractivity contribution in [3.05, 3.63) is 46.8 Å². The lowest BCUT2D eigenvalue weighted by Gasteiger charge is -2.26. The van der Waals surface area contributed by atoms with Crippen LogP contribution in [0.4, 0.5) is 0 Å². The Hall–Kier alpha value is -2.38. The minimum Gasteiger partial charge on any atom is -0.494 e. The Morgan fingerprint density at radius 2 is 2.08 bits per heavy atom. The van der Waals surface area contributed by atoms with Crippen LogP contribution in [-0.2, 0) is 17.8 Å². The van der Waals surface area contributed by atoms with E-state index in [9.17, 15) is 4.79 Å². The predicted molar refractivity (Wildman–Crippen MR) is 96.1 cm³/mol. The number of nitrogens with one attached hydrogen (secondary N) is 1. The largest absolute Gasteiger partial charge is 0.494 e. The summed E-state index contributed by atoms with van der Waals surface area (Å²) in [4.78, 5) is 14.9. The number of carbonyl (C=O) groups is 1. The number of rotatable bonds is 7. The number of carbonyl (C=O) groups excluding carboxylic acids is 1. The summed E-state index contributed by atoms with van der Waals surface area (Å²) in [6.07, 6.45) is 0. The molecule has 1 fully saturated rings. The summed E-state index contributed by atoms with van der Waals surface area (Å²) in [5.41, 5.74) is 2.11. The molecule has 0 aliphatic carbocycles. The summed E-state index contributed by atoms with van der Waals surface area (Å²) in [7, 11) is 0. The molecular formula is C19H25N3O4. The summed E-state index contributed by atoms with van der Waals surface area (Å²) in [5.74, 6) is 1.22.